The SMILES string of the molecule is Cc1cccc(N2CCN(C(=O)Cn3nc(C(=O)N4C[C@@H](C)O[C@@H](C)C4)c4c3CCC4)CC2)c1. The van der Waals surface area contributed by atoms with Crippen molar-refractivity contribution in [2.24, 2.45) is 0 Å². The molecule has 0 saturated carbocycles. The molecule has 0 unspecified atom stereocenters. The molecule has 1 aromatic carbocycles. The Kier molecular flexibility index (Phi) is 6.34. The van der Waals surface area contributed by atoms with Gasteiger partial charge in [0.25, 0.3) is 5.91 Å². The van der Waals surface area contributed by atoms with E-state index in [2.05, 4.69) is 36.1 Å². The van der Waals surface area contributed by atoms with Crippen LogP contribution < -0.4 is 4.90 Å². The number of rotatable bonds is 4. The normalized spacial score (nSPS) is 22.7. The van der Waals surface area contributed by atoms with Crippen molar-refractivity contribution in [3.05, 3.63) is 46.8 Å². The molecule has 8 heteroatoms. The van der Waals surface area contributed by atoms with Crippen LogP contribution in [0, 0.1) is 6.92 Å². The Hall–Kier alpha value is -2.87. The summed E-state index contributed by atoms with van der Waals surface area (Å²) in [7, 11) is 0. The molecule has 1 aliphatic carbocycles. The summed E-state index contributed by atoms with van der Waals surface area (Å²) in [5.74, 6) is 0.0480. The van der Waals surface area contributed by atoms with Gasteiger partial charge >= 0.3 is 0 Å². The zero-order valence-corrected chi connectivity index (χ0v) is 20.5. The number of hydrogen-bond acceptors (Lipinski definition) is 5. The van der Waals surface area contributed by atoms with Crippen molar-refractivity contribution < 1.29 is 14.3 Å². The van der Waals surface area contributed by atoms with E-state index in [0.717, 1.165) is 43.6 Å². The molecule has 3 aliphatic rings. The van der Waals surface area contributed by atoms with Crippen molar-refractivity contribution in [1.82, 2.24) is 19.6 Å². The first kappa shape index (κ1) is 22.9. The highest BCUT2D eigenvalue weighted by Gasteiger charge is 2.33. The Bertz CT molecular complexity index is 1060. The second kappa shape index (κ2) is 9.41. The monoisotopic (exact) mass is 465 g/mol. The first-order valence-corrected chi connectivity index (χ1v) is 12.5. The fourth-order valence-electron chi connectivity index (χ4n) is 5.57. The molecule has 2 amide bonds. The van der Waals surface area contributed by atoms with Gasteiger partial charge in [-0.3, -0.25) is 14.3 Å². The highest BCUT2D eigenvalue weighted by Crippen LogP contribution is 2.27. The number of benzene rings is 1. The van der Waals surface area contributed by atoms with E-state index in [9.17, 15) is 9.59 Å². The highest BCUT2D eigenvalue weighted by atomic mass is 16.5. The van der Waals surface area contributed by atoms with Crippen LogP contribution in [-0.4, -0.2) is 82.9 Å². The van der Waals surface area contributed by atoms with Crippen LogP contribution >= 0.6 is 0 Å². The molecular formula is C26H35N5O3. The van der Waals surface area contributed by atoms with Gasteiger partial charge in [0.15, 0.2) is 5.69 Å². The topological polar surface area (TPSA) is 70.9 Å². The Morgan fingerprint density at radius 2 is 1.76 bits per heavy atom. The fraction of sp³-hybridized carbons (Fsp3) is 0.577. The minimum atomic E-state index is -0.0295. The molecule has 0 spiro atoms. The molecule has 8 nitrogen and oxygen atoms in total. The van der Waals surface area contributed by atoms with Crippen LogP contribution in [0.5, 0.6) is 0 Å². The van der Waals surface area contributed by atoms with Gasteiger partial charge in [-0.15, -0.1) is 0 Å². The Morgan fingerprint density at radius 1 is 1.03 bits per heavy atom. The van der Waals surface area contributed by atoms with E-state index in [1.807, 2.05) is 23.6 Å². The lowest BCUT2D eigenvalue weighted by Crippen LogP contribution is -2.49. The fourth-order valence-corrected chi connectivity index (χ4v) is 5.57. The highest BCUT2D eigenvalue weighted by molar-refractivity contribution is 5.94. The molecule has 3 heterocycles. The standard InChI is InChI=1S/C26H35N5O3/c1-18-6-4-7-21(14-18)28-10-12-29(13-11-28)24(32)17-31-23-9-5-8-22(23)25(27-31)26(33)30-15-19(2)34-20(3)16-30/h4,6-7,14,19-20H,5,8-13,15-17H2,1-3H3/t19-,20+. The summed E-state index contributed by atoms with van der Waals surface area (Å²) in [5, 5.41) is 4.69. The molecule has 2 aliphatic heterocycles. The number of carbonyl (C=O) groups excluding carboxylic acids is 2. The zero-order valence-electron chi connectivity index (χ0n) is 20.5. The number of hydrogen-bond donors (Lipinski definition) is 0. The molecule has 0 bridgehead atoms. The summed E-state index contributed by atoms with van der Waals surface area (Å²) in [5.41, 5.74) is 5.09. The lowest BCUT2D eigenvalue weighted by atomic mass is 10.1. The Balaban J connectivity index is 1.25. The van der Waals surface area contributed by atoms with Crippen LogP contribution in [-0.2, 0) is 28.9 Å². The molecule has 182 valence electrons. The predicted octanol–water partition coefficient (Wildman–Crippen LogP) is 2.28. The zero-order chi connectivity index (χ0) is 23.8. The molecule has 1 aromatic heterocycles. The lowest BCUT2D eigenvalue weighted by molar-refractivity contribution is -0.132. The maximum absolute atomic E-state index is 13.3. The smallest absolute Gasteiger partial charge is 0.274 e. The van der Waals surface area contributed by atoms with Gasteiger partial charge in [-0.2, -0.15) is 5.10 Å². The van der Waals surface area contributed by atoms with E-state index < -0.39 is 0 Å². The molecule has 0 radical (unpaired) electrons. The first-order chi connectivity index (χ1) is 16.4. The van der Waals surface area contributed by atoms with Gasteiger partial charge < -0.3 is 19.4 Å². The molecule has 2 fully saturated rings. The van der Waals surface area contributed by atoms with Gasteiger partial charge in [-0.25, -0.2) is 0 Å². The second-order valence-electron chi connectivity index (χ2n) is 9.96. The molecule has 0 N–H and O–H groups in total. The first-order valence-electron chi connectivity index (χ1n) is 12.5. The van der Waals surface area contributed by atoms with E-state index in [1.165, 1.54) is 11.3 Å². The number of morpholine rings is 1. The molecular weight excluding hydrogens is 430 g/mol. The molecule has 2 atom stereocenters. The average Bonchev–Trinajstić information content (AvgIpc) is 3.42. The van der Waals surface area contributed by atoms with E-state index in [1.54, 1.807) is 4.68 Å². The van der Waals surface area contributed by atoms with Crippen molar-refractivity contribution >= 4 is 17.5 Å². The van der Waals surface area contributed by atoms with Crippen LogP contribution in [0.4, 0.5) is 5.69 Å². The number of anilines is 1. The number of carbonyl (C=O) groups is 2. The van der Waals surface area contributed by atoms with Crippen molar-refractivity contribution in [3.63, 3.8) is 0 Å². The van der Waals surface area contributed by atoms with Crippen molar-refractivity contribution in [3.8, 4) is 0 Å². The second-order valence-corrected chi connectivity index (χ2v) is 9.96. The van der Waals surface area contributed by atoms with E-state index >= 15 is 0 Å². The largest absolute Gasteiger partial charge is 0.372 e. The number of aryl methyl sites for hydroxylation is 1. The number of amides is 2. The maximum Gasteiger partial charge on any atom is 0.274 e. The summed E-state index contributed by atoms with van der Waals surface area (Å²) < 4.78 is 7.59. The lowest BCUT2D eigenvalue weighted by Gasteiger charge is -2.36. The van der Waals surface area contributed by atoms with Gasteiger partial charge in [0, 0.05) is 56.2 Å². The van der Waals surface area contributed by atoms with Gasteiger partial charge in [0.1, 0.15) is 6.54 Å². The van der Waals surface area contributed by atoms with E-state index in [0.29, 0.717) is 31.9 Å². The number of nitrogens with zero attached hydrogens (tertiary/aromatic N) is 5. The molecule has 34 heavy (non-hydrogen) atoms. The van der Waals surface area contributed by atoms with Crippen LogP contribution in [0.3, 0.4) is 0 Å². The van der Waals surface area contributed by atoms with Gasteiger partial charge in [0.05, 0.1) is 12.2 Å². The number of piperazine rings is 1. The summed E-state index contributed by atoms with van der Waals surface area (Å²) in [6.07, 6.45) is 2.77. The summed E-state index contributed by atoms with van der Waals surface area (Å²) in [6.45, 7) is 10.5. The predicted molar refractivity (Wildman–Crippen MR) is 130 cm³/mol. The molecule has 5 rings (SSSR count). The van der Waals surface area contributed by atoms with Crippen molar-refractivity contribution in [2.75, 3.05) is 44.2 Å². The minimum absolute atomic E-state index is 0.0166. The Labute approximate surface area is 201 Å². The average molecular weight is 466 g/mol. The van der Waals surface area contributed by atoms with E-state index in [-0.39, 0.29) is 30.6 Å². The van der Waals surface area contributed by atoms with Crippen molar-refractivity contribution in [2.45, 2.75) is 58.8 Å². The van der Waals surface area contributed by atoms with Gasteiger partial charge in [-0.05, 0) is 57.7 Å². The number of aromatic nitrogens is 2. The van der Waals surface area contributed by atoms with Crippen LogP contribution in [0.2, 0.25) is 0 Å². The van der Waals surface area contributed by atoms with Crippen molar-refractivity contribution in [1.29, 1.82) is 0 Å². The Morgan fingerprint density at radius 3 is 2.47 bits per heavy atom. The van der Waals surface area contributed by atoms with Gasteiger partial charge in [0.2, 0.25) is 5.91 Å². The summed E-state index contributed by atoms with van der Waals surface area (Å²) >= 11 is 0. The quantitative estimate of drug-likeness (QED) is 0.693. The number of fused-ring (bicyclic) bond motifs is 1. The maximum atomic E-state index is 13.3. The molecule has 2 saturated heterocycles. The van der Waals surface area contributed by atoms with E-state index in [4.69, 9.17) is 9.84 Å². The third-order valence-electron chi connectivity index (χ3n) is 7.20. The van der Waals surface area contributed by atoms with Gasteiger partial charge in [-0.1, -0.05) is 12.1 Å². The third kappa shape index (κ3) is 4.56. The van der Waals surface area contributed by atoms with Crippen LogP contribution in [0.25, 0.3) is 0 Å². The summed E-state index contributed by atoms with van der Waals surface area (Å²) in [6, 6.07) is 8.51. The minimum Gasteiger partial charge on any atom is -0.372 e. The summed E-state index contributed by atoms with van der Waals surface area (Å²) in [4.78, 5) is 32.6. The van der Waals surface area contributed by atoms with Crippen LogP contribution in [0.1, 0.15) is 47.6 Å². The number of ether oxygens (including phenoxy) is 1. The van der Waals surface area contributed by atoms with Crippen LogP contribution in [0.15, 0.2) is 24.3 Å². The molecule has 2 aromatic rings. The third-order valence-corrected chi connectivity index (χ3v) is 7.20.